The molecule has 1 heterocycles. The Kier molecular flexibility index (Phi) is 8.12. The molecule has 0 bridgehead atoms. The first kappa shape index (κ1) is 22.9. The van der Waals surface area contributed by atoms with Gasteiger partial charge in [0.2, 0.25) is 5.91 Å². The smallest absolute Gasteiger partial charge is 0.406 e. The molecule has 0 spiro atoms. The number of nitrogens with zero attached hydrogens (tertiary/aromatic N) is 1. The van der Waals surface area contributed by atoms with E-state index in [0.717, 1.165) is 25.2 Å². The van der Waals surface area contributed by atoms with Crippen LogP contribution in [0, 0.1) is 0 Å². The molecule has 0 saturated carbocycles. The number of nitrogens with one attached hydrogen (secondary N) is 1. The van der Waals surface area contributed by atoms with Crippen molar-refractivity contribution < 1.29 is 22.7 Å². The van der Waals surface area contributed by atoms with Crippen molar-refractivity contribution in [3.8, 4) is 5.75 Å². The fourth-order valence-electron chi connectivity index (χ4n) is 3.66. The van der Waals surface area contributed by atoms with E-state index in [2.05, 4.69) is 21.0 Å². The lowest BCUT2D eigenvalue weighted by molar-refractivity contribution is -0.274. The van der Waals surface area contributed by atoms with Gasteiger partial charge in [0, 0.05) is 12.6 Å². The number of hydrogen-bond donors (Lipinski definition) is 1. The van der Waals surface area contributed by atoms with Crippen LogP contribution in [0.1, 0.15) is 30.4 Å². The molecule has 0 aliphatic carbocycles. The average molecular weight is 432 g/mol. The van der Waals surface area contributed by atoms with E-state index in [9.17, 15) is 18.0 Å². The first-order valence-electron chi connectivity index (χ1n) is 10.5. The van der Waals surface area contributed by atoms with Crippen molar-refractivity contribution in [3.05, 3.63) is 71.8 Å². The van der Waals surface area contributed by atoms with Crippen molar-refractivity contribution in [1.29, 1.82) is 0 Å². The number of carbonyl (C=O) groups excluding carboxylic acids is 1. The summed E-state index contributed by atoms with van der Waals surface area (Å²) < 4.78 is 40.7. The van der Waals surface area contributed by atoms with Gasteiger partial charge in [0.1, 0.15) is 5.75 Å². The van der Waals surface area contributed by atoms with E-state index in [4.69, 9.17) is 0 Å². The molecule has 2 aromatic carbocycles. The number of benzene rings is 2. The van der Waals surface area contributed by atoms with Gasteiger partial charge in [0.15, 0.2) is 0 Å². The number of ether oxygens (including phenoxy) is 1. The molecule has 166 valence electrons. The van der Waals surface area contributed by atoms with Gasteiger partial charge in [-0.1, -0.05) is 54.6 Å². The van der Waals surface area contributed by atoms with Gasteiger partial charge in [0.25, 0.3) is 0 Å². The van der Waals surface area contributed by atoms with Gasteiger partial charge in [-0.25, -0.2) is 0 Å². The highest BCUT2D eigenvalue weighted by Crippen LogP contribution is 2.22. The van der Waals surface area contributed by atoms with Gasteiger partial charge < -0.3 is 15.0 Å². The summed E-state index contributed by atoms with van der Waals surface area (Å²) in [6.07, 6.45) is 2.54. The van der Waals surface area contributed by atoms with Crippen molar-refractivity contribution in [2.45, 2.75) is 38.1 Å². The highest BCUT2D eigenvalue weighted by molar-refractivity contribution is 5.79. The number of alkyl halides is 3. The average Bonchev–Trinajstić information content (AvgIpc) is 3.22. The molecule has 1 N–H and O–H groups in total. The number of hydrogen-bond acceptors (Lipinski definition) is 3. The number of amides is 1. The summed E-state index contributed by atoms with van der Waals surface area (Å²) in [7, 11) is 0. The third kappa shape index (κ3) is 8.45. The molecule has 1 amide bonds. The fourth-order valence-corrected chi connectivity index (χ4v) is 3.66. The van der Waals surface area contributed by atoms with E-state index < -0.39 is 6.36 Å². The molecular formula is C24H27F3N2O2. The van der Waals surface area contributed by atoms with E-state index in [-0.39, 0.29) is 24.1 Å². The second-order valence-corrected chi connectivity index (χ2v) is 7.69. The second kappa shape index (κ2) is 11.0. The summed E-state index contributed by atoms with van der Waals surface area (Å²) in [5.74, 6) is -0.448. The predicted molar refractivity (Wildman–Crippen MR) is 115 cm³/mol. The predicted octanol–water partition coefficient (Wildman–Crippen LogP) is 4.81. The molecule has 1 aliphatic heterocycles. The highest BCUT2D eigenvalue weighted by atomic mass is 19.4. The molecule has 1 saturated heterocycles. The van der Waals surface area contributed by atoms with E-state index in [1.54, 1.807) is 0 Å². The van der Waals surface area contributed by atoms with Crippen LogP contribution in [-0.2, 0) is 11.2 Å². The van der Waals surface area contributed by atoms with Crippen molar-refractivity contribution >= 4 is 12.0 Å². The Labute approximate surface area is 180 Å². The van der Waals surface area contributed by atoms with Crippen LogP contribution in [0.4, 0.5) is 13.2 Å². The van der Waals surface area contributed by atoms with E-state index in [1.165, 1.54) is 37.1 Å². The van der Waals surface area contributed by atoms with Crippen LogP contribution in [0.5, 0.6) is 5.75 Å². The normalized spacial score (nSPS) is 15.8. The number of likely N-dealkylation sites (tertiary alicyclic amines) is 1. The minimum absolute atomic E-state index is 0.0293. The Morgan fingerprint density at radius 3 is 2.39 bits per heavy atom. The van der Waals surface area contributed by atoms with Gasteiger partial charge in [-0.05, 0) is 55.6 Å². The molecule has 31 heavy (non-hydrogen) atoms. The van der Waals surface area contributed by atoms with Gasteiger partial charge >= 0.3 is 6.36 Å². The standard InChI is InChI=1S/C24H27F3N2O2/c25-24(26,27)31-22-13-11-20(12-14-22)17-23(30)28-21(18-29-15-4-5-16-29)10-6-9-19-7-2-1-3-8-19/h1-3,6-9,11-14,21H,4-5,10,15-18H2,(H,28,30). The Balaban J connectivity index is 1.56. The molecular weight excluding hydrogens is 405 g/mol. The summed E-state index contributed by atoms with van der Waals surface area (Å²) in [4.78, 5) is 14.9. The van der Waals surface area contributed by atoms with Crippen LogP contribution in [0.25, 0.3) is 6.08 Å². The van der Waals surface area contributed by atoms with Gasteiger partial charge in [-0.3, -0.25) is 4.79 Å². The zero-order valence-electron chi connectivity index (χ0n) is 17.3. The third-order valence-corrected chi connectivity index (χ3v) is 5.09. The lowest BCUT2D eigenvalue weighted by Crippen LogP contribution is -2.43. The van der Waals surface area contributed by atoms with Crippen LogP contribution in [0.3, 0.4) is 0 Å². The quantitative estimate of drug-likeness (QED) is 0.618. The fraction of sp³-hybridized carbons (Fsp3) is 0.375. The van der Waals surface area contributed by atoms with Gasteiger partial charge in [-0.15, -0.1) is 13.2 Å². The monoisotopic (exact) mass is 432 g/mol. The SMILES string of the molecule is O=C(Cc1ccc(OC(F)(F)F)cc1)NC(CC=Cc1ccccc1)CN1CCCC1. The van der Waals surface area contributed by atoms with Gasteiger partial charge in [-0.2, -0.15) is 0 Å². The molecule has 4 nitrogen and oxygen atoms in total. The molecule has 0 aromatic heterocycles. The molecule has 7 heteroatoms. The molecule has 1 unspecified atom stereocenters. The minimum atomic E-state index is -4.73. The van der Waals surface area contributed by atoms with Crippen molar-refractivity contribution in [3.63, 3.8) is 0 Å². The lowest BCUT2D eigenvalue weighted by atomic mass is 10.1. The second-order valence-electron chi connectivity index (χ2n) is 7.69. The van der Waals surface area contributed by atoms with Crippen molar-refractivity contribution in [2.24, 2.45) is 0 Å². The molecule has 1 atom stereocenters. The summed E-state index contributed by atoms with van der Waals surface area (Å²) >= 11 is 0. The first-order valence-corrected chi connectivity index (χ1v) is 10.5. The van der Waals surface area contributed by atoms with Crippen molar-refractivity contribution in [1.82, 2.24) is 10.2 Å². The topological polar surface area (TPSA) is 41.6 Å². The van der Waals surface area contributed by atoms with E-state index in [1.807, 2.05) is 36.4 Å². The maximum absolute atomic E-state index is 12.6. The first-order chi connectivity index (χ1) is 14.9. The molecule has 3 rings (SSSR count). The van der Waals surface area contributed by atoms with Crippen LogP contribution in [-0.4, -0.2) is 42.8 Å². The maximum Gasteiger partial charge on any atom is 0.573 e. The van der Waals surface area contributed by atoms with Crippen LogP contribution < -0.4 is 10.1 Å². The van der Waals surface area contributed by atoms with E-state index in [0.29, 0.717) is 12.0 Å². The molecule has 0 radical (unpaired) electrons. The van der Waals surface area contributed by atoms with Gasteiger partial charge in [0.05, 0.1) is 6.42 Å². The lowest BCUT2D eigenvalue weighted by Gasteiger charge is -2.23. The summed E-state index contributed by atoms with van der Waals surface area (Å²) in [6.45, 7) is 2.86. The van der Waals surface area contributed by atoms with Crippen LogP contribution in [0.15, 0.2) is 60.7 Å². The third-order valence-electron chi connectivity index (χ3n) is 5.09. The Bertz CT molecular complexity index is 845. The zero-order chi connectivity index (χ0) is 22.1. The summed E-state index contributed by atoms with van der Waals surface area (Å²) in [5, 5.41) is 3.09. The Morgan fingerprint density at radius 2 is 1.74 bits per heavy atom. The number of halogens is 3. The highest BCUT2D eigenvalue weighted by Gasteiger charge is 2.31. The summed E-state index contributed by atoms with van der Waals surface area (Å²) in [5.41, 5.74) is 1.74. The maximum atomic E-state index is 12.6. The molecule has 1 fully saturated rings. The number of rotatable bonds is 9. The minimum Gasteiger partial charge on any atom is -0.406 e. The molecule has 2 aromatic rings. The summed E-state index contributed by atoms with van der Waals surface area (Å²) in [6, 6.07) is 15.3. The number of carbonyl (C=O) groups is 1. The Morgan fingerprint density at radius 1 is 1.06 bits per heavy atom. The Hall–Kier alpha value is -2.80. The zero-order valence-corrected chi connectivity index (χ0v) is 17.3. The largest absolute Gasteiger partial charge is 0.573 e. The van der Waals surface area contributed by atoms with Crippen LogP contribution >= 0.6 is 0 Å². The van der Waals surface area contributed by atoms with E-state index >= 15 is 0 Å². The molecule has 1 aliphatic rings. The van der Waals surface area contributed by atoms with Crippen molar-refractivity contribution in [2.75, 3.05) is 19.6 Å². The van der Waals surface area contributed by atoms with Crippen LogP contribution in [0.2, 0.25) is 0 Å².